The van der Waals surface area contributed by atoms with Crippen molar-refractivity contribution in [2.45, 2.75) is 31.7 Å². The van der Waals surface area contributed by atoms with Crippen molar-refractivity contribution >= 4 is 16.7 Å². The van der Waals surface area contributed by atoms with E-state index in [1.807, 2.05) is 67.7 Å². The molecule has 3 heterocycles. The molecule has 1 aliphatic heterocycles. The third kappa shape index (κ3) is 3.44. The molecule has 6 nitrogen and oxygen atoms in total. The summed E-state index contributed by atoms with van der Waals surface area (Å²) in [5, 5.41) is 4.90. The van der Waals surface area contributed by atoms with E-state index in [2.05, 4.69) is 20.0 Å². The second-order valence-corrected chi connectivity index (χ2v) is 7.92. The summed E-state index contributed by atoms with van der Waals surface area (Å²) in [6.07, 6.45) is 3.63. The molecule has 0 amide bonds. The molecule has 1 unspecified atom stereocenters. The van der Waals surface area contributed by atoms with Crippen molar-refractivity contribution in [2.24, 2.45) is 0 Å². The molecule has 4 aromatic rings. The maximum absolute atomic E-state index is 13.8. The van der Waals surface area contributed by atoms with E-state index < -0.39 is 0 Å². The fraction of sp³-hybridized carbons (Fsp3) is 0.292. The smallest absolute Gasteiger partial charge is 0.229 e. The number of piperidine rings is 1. The van der Waals surface area contributed by atoms with E-state index >= 15 is 0 Å². The maximum Gasteiger partial charge on any atom is 0.229 e. The molecule has 0 radical (unpaired) electrons. The van der Waals surface area contributed by atoms with Crippen LogP contribution < -0.4 is 0 Å². The van der Waals surface area contributed by atoms with Crippen molar-refractivity contribution in [1.29, 1.82) is 0 Å². The normalized spacial score (nSPS) is 16.7. The van der Waals surface area contributed by atoms with Gasteiger partial charge in [0.2, 0.25) is 5.89 Å². The standard InChI is InChI=1S/C24H24N4O2/c1-16-26-24(30-27-16)18-11-13-28(14-12-18)22(17-7-3-2-4-8-17)23(29)20-15-25-21-10-6-5-9-19(20)21/h2-10,15,18,22,25H,11-14H2,1H3. The summed E-state index contributed by atoms with van der Waals surface area (Å²) in [5.74, 6) is 1.77. The minimum atomic E-state index is -0.309. The highest BCUT2D eigenvalue weighted by Crippen LogP contribution is 2.34. The zero-order valence-electron chi connectivity index (χ0n) is 16.9. The van der Waals surface area contributed by atoms with Crippen molar-refractivity contribution < 1.29 is 9.32 Å². The number of aryl methyl sites for hydroxylation is 1. The van der Waals surface area contributed by atoms with Gasteiger partial charge in [0.25, 0.3) is 0 Å². The number of para-hydroxylation sites is 1. The summed E-state index contributed by atoms with van der Waals surface area (Å²) in [6.45, 7) is 3.45. The Morgan fingerprint density at radius 2 is 1.83 bits per heavy atom. The lowest BCUT2D eigenvalue weighted by atomic mass is 9.90. The van der Waals surface area contributed by atoms with Crippen LogP contribution in [0, 0.1) is 6.92 Å². The molecule has 0 bridgehead atoms. The van der Waals surface area contributed by atoms with Crippen LogP contribution in [0.4, 0.5) is 0 Å². The van der Waals surface area contributed by atoms with Gasteiger partial charge in [-0.1, -0.05) is 53.7 Å². The lowest BCUT2D eigenvalue weighted by Crippen LogP contribution is -2.39. The third-order valence-corrected chi connectivity index (χ3v) is 6.01. The van der Waals surface area contributed by atoms with E-state index in [-0.39, 0.29) is 17.7 Å². The van der Waals surface area contributed by atoms with Gasteiger partial charge in [-0.25, -0.2) is 0 Å². The van der Waals surface area contributed by atoms with Crippen molar-refractivity contribution in [3.8, 4) is 0 Å². The molecule has 2 aromatic heterocycles. The molecule has 1 N–H and O–H groups in total. The van der Waals surface area contributed by atoms with Crippen LogP contribution in [0.3, 0.4) is 0 Å². The summed E-state index contributed by atoms with van der Waals surface area (Å²) in [5.41, 5.74) is 2.76. The van der Waals surface area contributed by atoms with E-state index in [1.165, 1.54) is 0 Å². The Balaban J connectivity index is 1.44. The molecule has 1 saturated heterocycles. The van der Waals surface area contributed by atoms with Gasteiger partial charge in [-0.05, 0) is 44.5 Å². The minimum absolute atomic E-state index is 0.130. The number of H-pyrrole nitrogens is 1. The van der Waals surface area contributed by atoms with E-state index in [9.17, 15) is 4.79 Å². The summed E-state index contributed by atoms with van der Waals surface area (Å²) < 4.78 is 5.39. The van der Waals surface area contributed by atoms with Gasteiger partial charge in [0.1, 0.15) is 0 Å². The average molecular weight is 400 g/mol. The fourth-order valence-electron chi connectivity index (χ4n) is 4.47. The largest absolute Gasteiger partial charge is 0.360 e. The van der Waals surface area contributed by atoms with Crippen molar-refractivity contribution in [3.63, 3.8) is 0 Å². The number of nitrogens with one attached hydrogen (secondary N) is 1. The summed E-state index contributed by atoms with van der Waals surface area (Å²) in [4.78, 5) is 23.7. The number of hydrogen-bond acceptors (Lipinski definition) is 5. The van der Waals surface area contributed by atoms with E-state index in [4.69, 9.17) is 4.52 Å². The Kier molecular flexibility index (Phi) is 4.93. The summed E-state index contributed by atoms with van der Waals surface area (Å²) in [7, 11) is 0. The number of aromatic nitrogens is 3. The predicted octanol–water partition coefficient (Wildman–Crippen LogP) is 4.66. The minimum Gasteiger partial charge on any atom is -0.360 e. The lowest BCUT2D eigenvalue weighted by molar-refractivity contribution is 0.0761. The van der Waals surface area contributed by atoms with Gasteiger partial charge in [0, 0.05) is 28.6 Å². The Morgan fingerprint density at radius 1 is 1.10 bits per heavy atom. The number of benzene rings is 2. The van der Waals surface area contributed by atoms with Crippen LogP contribution >= 0.6 is 0 Å². The van der Waals surface area contributed by atoms with Gasteiger partial charge >= 0.3 is 0 Å². The van der Waals surface area contributed by atoms with Gasteiger partial charge in [-0.15, -0.1) is 0 Å². The Bertz CT molecular complexity index is 1160. The molecule has 1 fully saturated rings. The SMILES string of the molecule is Cc1noc(C2CCN(C(C(=O)c3c[nH]c4ccccc34)c3ccccc3)CC2)n1. The topological polar surface area (TPSA) is 75.0 Å². The van der Waals surface area contributed by atoms with Crippen LogP contribution in [0.15, 0.2) is 65.3 Å². The van der Waals surface area contributed by atoms with Gasteiger partial charge in [-0.3, -0.25) is 9.69 Å². The van der Waals surface area contributed by atoms with Crippen LogP contribution in [0.2, 0.25) is 0 Å². The molecule has 1 atom stereocenters. The van der Waals surface area contributed by atoms with Crippen LogP contribution in [0.25, 0.3) is 10.9 Å². The first kappa shape index (κ1) is 18.8. The van der Waals surface area contributed by atoms with Crippen LogP contribution in [0.5, 0.6) is 0 Å². The number of likely N-dealkylation sites (tertiary alicyclic amines) is 1. The fourth-order valence-corrected chi connectivity index (χ4v) is 4.47. The molecule has 0 saturated carbocycles. The van der Waals surface area contributed by atoms with Gasteiger partial charge in [0.15, 0.2) is 11.6 Å². The molecule has 30 heavy (non-hydrogen) atoms. The molecule has 152 valence electrons. The Morgan fingerprint density at radius 3 is 2.57 bits per heavy atom. The first-order valence-corrected chi connectivity index (χ1v) is 10.4. The molecular weight excluding hydrogens is 376 g/mol. The third-order valence-electron chi connectivity index (χ3n) is 6.01. The zero-order valence-corrected chi connectivity index (χ0v) is 16.9. The van der Waals surface area contributed by atoms with Crippen molar-refractivity contribution in [1.82, 2.24) is 20.0 Å². The first-order chi connectivity index (χ1) is 14.7. The highest BCUT2D eigenvalue weighted by Gasteiger charge is 2.34. The summed E-state index contributed by atoms with van der Waals surface area (Å²) >= 11 is 0. The van der Waals surface area contributed by atoms with E-state index in [0.717, 1.165) is 48.0 Å². The summed E-state index contributed by atoms with van der Waals surface area (Å²) in [6, 6.07) is 17.7. The van der Waals surface area contributed by atoms with E-state index in [0.29, 0.717) is 11.7 Å². The van der Waals surface area contributed by atoms with Crippen LogP contribution in [-0.4, -0.2) is 38.9 Å². The number of carbonyl (C=O) groups is 1. The number of ketones is 1. The molecule has 2 aromatic carbocycles. The zero-order chi connectivity index (χ0) is 20.5. The number of hydrogen-bond donors (Lipinski definition) is 1. The average Bonchev–Trinajstić information content (AvgIpc) is 3.41. The molecule has 0 aliphatic carbocycles. The lowest BCUT2D eigenvalue weighted by Gasteiger charge is -2.36. The Hall–Kier alpha value is -3.25. The van der Waals surface area contributed by atoms with Crippen molar-refractivity contribution in [2.75, 3.05) is 13.1 Å². The van der Waals surface area contributed by atoms with Gasteiger partial charge in [0.05, 0.1) is 6.04 Å². The number of nitrogens with zero attached hydrogens (tertiary/aromatic N) is 3. The Labute approximate surface area is 174 Å². The second-order valence-electron chi connectivity index (χ2n) is 7.92. The highest BCUT2D eigenvalue weighted by molar-refractivity contribution is 6.10. The second kappa shape index (κ2) is 7.88. The van der Waals surface area contributed by atoms with E-state index in [1.54, 1.807) is 0 Å². The number of rotatable bonds is 5. The van der Waals surface area contributed by atoms with Crippen molar-refractivity contribution in [3.05, 3.63) is 83.6 Å². The predicted molar refractivity (Wildman–Crippen MR) is 114 cm³/mol. The van der Waals surface area contributed by atoms with Gasteiger partial charge in [-0.2, -0.15) is 4.98 Å². The molecule has 0 spiro atoms. The molecular formula is C24H24N4O2. The molecule has 1 aliphatic rings. The molecule has 5 rings (SSSR count). The first-order valence-electron chi connectivity index (χ1n) is 10.4. The quantitative estimate of drug-likeness (QED) is 0.493. The number of fused-ring (bicyclic) bond motifs is 1. The number of aromatic amines is 1. The van der Waals surface area contributed by atoms with Crippen LogP contribution in [-0.2, 0) is 0 Å². The van der Waals surface area contributed by atoms with Crippen LogP contribution in [0.1, 0.15) is 52.4 Å². The van der Waals surface area contributed by atoms with Gasteiger partial charge < -0.3 is 9.51 Å². The maximum atomic E-state index is 13.8. The highest BCUT2D eigenvalue weighted by atomic mass is 16.5. The number of Topliss-reactive ketones (excluding diaryl/α,β-unsaturated/α-hetero) is 1. The molecule has 6 heteroatoms. The monoisotopic (exact) mass is 400 g/mol. The number of carbonyl (C=O) groups excluding carboxylic acids is 1.